The number of likely N-dealkylation sites (N-methyl/N-ethyl adjacent to an activating group) is 1. The molecule has 1 N–H and O–H groups in total. The summed E-state index contributed by atoms with van der Waals surface area (Å²) in [6.07, 6.45) is 0. The van der Waals surface area contributed by atoms with Gasteiger partial charge in [-0.1, -0.05) is 42.0 Å². The Balaban J connectivity index is 2.12. The molecule has 0 heterocycles. The third-order valence-electron chi connectivity index (χ3n) is 4.24. The first-order valence-corrected chi connectivity index (χ1v) is 8.66. The summed E-state index contributed by atoms with van der Waals surface area (Å²) in [6.45, 7) is 5.93. The molecule has 0 aliphatic heterocycles. The average molecular weight is 354 g/mol. The third kappa shape index (κ3) is 5.34. The summed E-state index contributed by atoms with van der Waals surface area (Å²) < 4.78 is 5.63. The van der Waals surface area contributed by atoms with Crippen LogP contribution in [0.4, 0.5) is 0 Å². The second kappa shape index (κ2) is 9.04. The summed E-state index contributed by atoms with van der Waals surface area (Å²) in [6, 6.07) is 14.9. The molecular formula is C21H26N2O3. The standard InChI is InChI=1S/C21H26N2O3/c1-15-8-10-18(11-9-15)13-23(17(3)21(25)22-4)20(24)14-26-19-7-5-6-16(2)12-19/h5-12,17H,13-14H2,1-4H3,(H,22,25)/t17-/m0/s1. The summed E-state index contributed by atoms with van der Waals surface area (Å²) in [5, 5.41) is 2.60. The molecule has 2 aromatic carbocycles. The van der Waals surface area contributed by atoms with E-state index in [4.69, 9.17) is 4.74 Å². The number of hydrogen-bond acceptors (Lipinski definition) is 3. The van der Waals surface area contributed by atoms with Crippen molar-refractivity contribution in [1.82, 2.24) is 10.2 Å². The molecule has 5 nitrogen and oxygen atoms in total. The van der Waals surface area contributed by atoms with E-state index < -0.39 is 6.04 Å². The predicted octanol–water partition coefficient (Wildman–Crippen LogP) is 2.85. The Morgan fingerprint density at radius 2 is 1.77 bits per heavy atom. The van der Waals surface area contributed by atoms with Gasteiger partial charge >= 0.3 is 0 Å². The average Bonchev–Trinajstić information content (AvgIpc) is 2.64. The van der Waals surface area contributed by atoms with E-state index in [1.165, 1.54) is 0 Å². The van der Waals surface area contributed by atoms with E-state index in [-0.39, 0.29) is 18.4 Å². The number of benzene rings is 2. The summed E-state index contributed by atoms with van der Waals surface area (Å²) in [5.74, 6) is 0.199. The maximum Gasteiger partial charge on any atom is 0.261 e. The van der Waals surface area contributed by atoms with Gasteiger partial charge in [0.15, 0.2) is 6.61 Å². The van der Waals surface area contributed by atoms with Crippen molar-refractivity contribution in [3.05, 3.63) is 65.2 Å². The van der Waals surface area contributed by atoms with Crippen LogP contribution in [-0.4, -0.2) is 36.4 Å². The van der Waals surface area contributed by atoms with E-state index in [2.05, 4.69) is 5.32 Å². The molecule has 5 heteroatoms. The van der Waals surface area contributed by atoms with Crippen molar-refractivity contribution in [2.24, 2.45) is 0 Å². The van der Waals surface area contributed by atoms with Crippen LogP contribution in [0, 0.1) is 13.8 Å². The molecule has 0 radical (unpaired) electrons. The van der Waals surface area contributed by atoms with E-state index in [0.29, 0.717) is 12.3 Å². The van der Waals surface area contributed by atoms with Crippen LogP contribution in [-0.2, 0) is 16.1 Å². The molecule has 0 fully saturated rings. The van der Waals surface area contributed by atoms with E-state index in [9.17, 15) is 9.59 Å². The monoisotopic (exact) mass is 354 g/mol. The number of nitrogens with zero attached hydrogens (tertiary/aromatic N) is 1. The highest BCUT2D eigenvalue weighted by atomic mass is 16.5. The fourth-order valence-corrected chi connectivity index (χ4v) is 2.61. The van der Waals surface area contributed by atoms with Crippen LogP contribution in [0.25, 0.3) is 0 Å². The lowest BCUT2D eigenvalue weighted by Gasteiger charge is -2.28. The first-order chi connectivity index (χ1) is 12.4. The van der Waals surface area contributed by atoms with Crippen molar-refractivity contribution < 1.29 is 14.3 Å². The smallest absolute Gasteiger partial charge is 0.261 e. The van der Waals surface area contributed by atoms with Crippen molar-refractivity contribution in [1.29, 1.82) is 0 Å². The minimum atomic E-state index is -0.588. The normalized spacial score (nSPS) is 11.5. The van der Waals surface area contributed by atoms with E-state index in [0.717, 1.165) is 16.7 Å². The van der Waals surface area contributed by atoms with Gasteiger partial charge in [-0.25, -0.2) is 0 Å². The summed E-state index contributed by atoms with van der Waals surface area (Å²) >= 11 is 0. The molecule has 0 spiro atoms. The number of nitrogens with one attached hydrogen (secondary N) is 1. The van der Waals surface area contributed by atoms with Gasteiger partial charge in [0.1, 0.15) is 11.8 Å². The van der Waals surface area contributed by atoms with Gasteiger partial charge in [0.2, 0.25) is 5.91 Å². The molecule has 0 bridgehead atoms. The Morgan fingerprint density at radius 1 is 1.08 bits per heavy atom. The van der Waals surface area contributed by atoms with Crippen molar-refractivity contribution in [2.75, 3.05) is 13.7 Å². The second-order valence-electron chi connectivity index (χ2n) is 6.40. The lowest BCUT2D eigenvalue weighted by molar-refractivity contribution is -0.142. The third-order valence-corrected chi connectivity index (χ3v) is 4.24. The highest BCUT2D eigenvalue weighted by molar-refractivity contribution is 5.87. The minimum Gasteiger partial charge on any atom is -0.484 e. The van der Waals surface area contributed by atoms with Crippen molar-refractivity contribution in [2.45, 2.75) is 33.4 Å². The molecule has 2 aromatic rings. The molecule has 0 saturated carbocycles. The highest BCUT2D eigenvalue weighted by Gasteiger charge is 2.25. The largest absolute Gasteiger partial charge is 0.484 e. The molecule has 0 saturated heterocycles. The molecular weight excluding hydrogens is 328 g/mol. The Kier molecular flexibility index (Phi) is 6.78. The first kappa shape index (κ1) is 19.5. The quantitative estimate of drug-likeness (QED) is 0.832. The first-order valence-electron chi connectivity index (χ1n) is 8.66. The van der Waals surface area contributed by atoms with Crippen molar-refractivity contribution >= 4 is 11.8 Å². The van der Waals surface area contributed by atoms with E-state index in [1.807, 2.05) is 62.4 Å². The molecule has 138 valence electrons. The lowest BCUT2D eigenvalue weighted by Crippen LogP contribution is -2.48. The second-order valence-corrected chi connectivity index (χ2v) is 6.40. The van der Waals surface area contributed by atoms with Crippen LogP contribution in [0.5, 0.6) is 5.75 Å². The number of aryl methyl sites for hydroxylation is 2. The van der Waals surface area contributed by atoms with Crippen LogP contribution in [0.3, 0.4) is 0 Å². The number of rotatable bonds is 7. The maximum atomic E-state index is 12.8. The highest BCUT2D eigenvalue weighted by Crippen LogP contribution is 2.14. The van der Waals surface area contributed by atoms with Gasteiger partial charge in [-0.05, 0) is 44.0 Å². The number of carbonyl (C=O) groups is 2. The van der Waals surface area contributed by atoms with Crippen LogP contribution >= 0.6 is 0 Å². The van der Waals surface area contributed by atoms with Gasteiger partial charge in [-0.2, -0.15) is 0 Å². The van der Waals surface area contributed by atoms with Crippen LogP contribution in [0.2, 0.25) is 0 Å². The van der Waals surface area contributed by atoms with Crippen molar-refractivity contribution in [3.8, 4) is 5.75 Å². The van der Waals surface area contributed by atoms with Gasteiger partial charge in [0.05, 0.1) is 0 Å². The summed E-state index contributed by atoms with van der Waals surface area (Å²) in [4.78, 5) is 26.4. The summed E-state index contributed by atoms with van der Waals surface area (Å²) in [5.41, 5.74) is 3.18. The number of amides is 2. The zero-order valence-corrected chi connectivity index (χ0v) is 15.8. The van der Waals surface area contributed by atoms with Gasteiger partial charge in [-0.3, -0.25) is 9.59 Å². The molecule has 1 atom stereocenters. The van der Waals surface area contributed by atoms with Crippen molar-refractivity contribution in [3.63, 3.8) is 0 Å². The van der Waals surface area contributed by atoms with Crippen LogP contribution in [0.15, 0.2) is 48.5 Å². The Morgan fingerprint density at radius 3 is 2.38 bits per heavy atom. The van der Waals surface area contributed by atoms with Gasteiger partial charge < -0.3 is 15.0 Å². The van der Waals surface area contributed by atoms with Gasteiger partial charge in [-0.15, -0.1) is 0 Å². The zero-order valence-electron chi connectivity index (χ0n) is 15.8. The minimum absolute atomic E-state index is 0.114. The molecule has 2 amide bonds. The molecule has 26 heavy (non-hydrogen) atoms. The molecule has 0 aliphatic carbocycles. The summed E-state index contributed by atoms with van der Waals surface area (Å²) in [7, 11) is 1.57. The molecule has 2 rings (SSSR count). The topological polar surface area (TPSA) is 58.6 Å². The number of hydrogen-bond donors (Lipinski definition) is 1. The maximum absolute atomic E-state index is 12.8. The predicted molar refractivity (Wildman–Crippen MR) is 102 cm³/mol. The van der Waals surface area contributed by atoms with Crippen LogP contribution in [0.1, 0.15) is 23.6 Å². The SMILES string of the molecule is CNC(=O)[C@H](C)N(Cc1ccc(C)cc1)C(=O)COc1cccc(C)c1. The molecule has 0 aromatic heterocycles. The molecule has 0 unspecified atom stereocenters. The Bertz CT molecular complexity index is 756. The van der Waals surface area contributed by atoms with E-state index in [1.54, 1.807) is 18.9 Å². The zero-order chi connectivity index (χ0) is 19.1. The molecule has 0 aliphatic rings. The fourth-order valence-electron chi connectivity index (χ4n) is 2.61. The number of carbonyl (C=O) groups excluding carboxylic acids is 2. The number of ether oxygens (including phenoxy) is 1. The Labute approximate surface area is 155 Å². The van der Waals surface area contributed by atoms with Gasteiger partial charge in [0, 0.05) is 13.6 Å². The fraction of sp³-hybridized carbons (Fsp3) is 0.333. The van der Waals surface area contributed by atoms with Gasteiger partial charge in [0.25, 0.3) is 5.91 Å². The lowest BCUT2D eigenvalue weighted by atomic mass is 10.1. The van der Waals surface area contributed by atoms with E-state index >= 15 is 0 Å². The van der Waals surface area contributed by atoms with Crippen LogP contribution < -0.4 is 10.1 Å². The Hall–Kier alpha value is -2.82.